The van der Waals surface area contributed by atoms with Crippen LogP contribution in [0.2, 0.25) is 0 Å². The van der Waals surface area contributed by atoms with E-state index in [1.165, 1.54) is 24.8 Å². The van der Waals surface area contributed by atoms with Crippen LogP contribution in [0, 0.1) is 5.82 Å². The summed E-state index contributed by atoms with van der Waals surface area (Å²) in [6.45, 7) is 1.75. The highest BCUT2D eigenvalue weighted by molar-refractivity contribution is 7.09. The molecule has 1 aliphatic carbocycles. The number of benzene rings is 1. The van der Waals surface area contributed by atoms with Crippen LogP contribution in [0.3, 0.4) is 0 Å². The van der Waals surface area contributed by atoms with Crippen molar-refractivity contribution in [3.05, 3.63) is 52.0 Å². The summed E-state index contributed by atoms with van der Waals surface area (Å²) in [5.41, 5.74) is 1.01. The van der Waals surface area contributed by atoms with Crippen LogP contribution in [-0.4, -0.2) is 18.1 Å². The van der Waals surface area contributed by atoms with E-state index in [-0.39, 0.29) is 5.82 Å². The Morgan fingerprint density at radius 2 is 2.15 bits per heavy atom. The van der Waals surface area contributed by atoms with Crippen LogP contribution in [0.4, 0.5) is 4.39 Å². The summed E-state index contributed by atoms with van der Waals surface area (Å²) >= 11 is 1.78. The molecule has 20 heavy (non-hydrogen) atoms. The standard InChI is InChI=1S/C16H18FNOS/c1-19-16-7-4-12(9-15(16)17)10-18(13-5-6-13)11-14-3-2-8-20-14/h2-4,7-9,13H,5-6,10-11H2,1H3. The van der Waals surface area contributed by atoms with Gasteiger partial charge in [-0.15, -0.1) is 11.3 Å². The molecule has 1 aromatic heterocycles. The van der Waals surface area contributed by atoms with Gasteiger partial charge in [0.05, 0.1) is 7.11 Å². The van der Waals surface area contributed by atoms with Gasteiger partial charge in [0.1, 0.15) is 0 Å². The summed E-state index contributed by atoms with van der Waals surface area (Å²) in [4.78, 5) is 3.80. The molecule has 0 N–H and O–H groups in total. The lowest BCUT2D eigenvalue weighted by molar-refractivity contribution is 0.247. The molecule has 4 heteroatoms. The van der Waals surface area contributed by atoms with E-state index in [0.29, 0.717) is 11.8 Å². The van der Waals surface area contributed by atoms with Crippen LogP contribution in [0.5, 0.6) is 5.75 Å². The Kier molecular flexibility index (Phi) is 4.03. The first-order chi connectivity index (χ1) is 9.76. The van der Waals surface area contributed by atoms with Crippen LogP contribution in [0.1, 0.15) is 23.3 Å². The fraction of sp³-hybridized carbons (Fsp3) is 0.375. The fourth-order valence-corrected chi connectivity index (χ4v) is 3.13. The number of hydrogen-bond acceptors (Lipinski definition) is 3. The summed E-state index contributed by atoms with van der Waals surface area (Å²) in [7, 11) is 1.49. The van der Waals surface area contributed by atoms with E-state index in [4.69, 9.17) is 4.74 Å². The van der Waals surface area contributed by atoms with Crippen LogP contribution >= 0.6 is 11.3 Å². The summed E-state index contributed by atoms with van der Waals surface area (Å²) in [6.07, 6.45) is 2.51. The molecule has 1 saturated carbocycles. The molecule has 2 aromatic rings. The molecule has 1 heterocycles. The Balaban J connectivity index is 1.71. The molecule has 0 unspecified atom stereocenters. The van der Waals surface area contributed by atoms with Gasteiger partial charge in [-0.05, 0) is 42.0 Å². The molecule has 0 radical (unpaired) electrons. The second-order valence-electron chi connectivity index (χ2n) is 5.18. The van der Waals surface area contributed by atoms with Crippen LogP contribution < -0.4 is 4.74 Å². The van der Waals surface area contributed by atoms with Crippen molar-refractivity contribution < 1.29 is 9.13 Å². The lowest BCUT2D eigenvalue weighted by atomic mass is 10.2. The molecule has 0 amide bonds. The average molecular weight is 291 g/mol. The molecule has 1 aromatic carbocycles. The Bertz CT molecular complexity index is 566. The predicted octanol–water partition coefficient (Wildman–Crippen LogP) is 4.06. The maximum atomic E-state index is 13.8. The van der Waals surface area contributed by atoms with E-state index in [2.05, 4.69) is 22.4 Å². The zero-order chi connectivity index (χ0) is 13.9. The molecular weight excluding hydrogens is 273 g/mol. The third-order valence-electron chi connectivity index (χ3n) is 3.60. The van der Waals surface area contributed by atoms with Gasteiger partial charge < -0.3 is 4.74 Å². The normalized spacial score (nSPS) is 14.8. The van der Waals surface area contributed by atoms with Gasteiger partial charge in [0.2, 0.25) is 0 Å². The Morgan fingerprint density at radius 1 is 1.30 bits per heavy atom. The maximum Gasteiger partial charge on any atom is 0.165 e. The fourth-order valence-electron chi connectivity index (χ4n) is 2.40. The minimum Gasteiger partial charge on any atom is -0.494 e. The molecule has 0 spiro atoms. The SMILES string of the molecule is COc1ccc(CN(Cc2cccs2)C2CC2)cc1F. The Morgan fingerprint density at radius 3 is 2.75 bits per heavy atom. The van der Waals surface area contributed by atoms with Crippen molar-refractivity contribution in [3.63, 3.8) is 0 Å². The second-order valence-corrected chi connectivity index (χ2v) is 6.22. The predicted molar refractivity (Wildman–Crippen MR) is 79.5 cm³/mol. The number of halogens is 1. The number of methoxy groups -OCH3 is 1. The van der Waals surface area contributed by atoms with Gasteiger partial charge in [0.25, 0.3) is 0 Å². The van der Waals surface area contributed by atoms with Crippen molar-refractivity contribution in [2.75, 3.05) is 7.11 Å². The first kappa shape index (κ1) is 13.6. The van der Waals surface area contributed by atoms with Gasteiger partial charge in [-0.3, -0.25) is 4.90 Å². The first-order valence-electron chi connectivity index (χ1n) is 6.85. The molecule has 1 aliphatic rings. The van der Waals surface area contributed by atoms with E-state index in [1.54, 1.807) is 23.5 Å². The number of thiophene rings is 1. The van der Waals surface area contributed by atoms with Crippen LogP contribution in [0.15, 0.2) is 35.7 Å². The molecular formula is C16H18FNOS. The van der Waals surface area contributed by atoms with Crippen LogP contribution in [0.25, 0.3) is 0 Å². The number of ether oxygens (including phenoxy) is 1. The van der Waals surface area contributed by atoms with Gasteiger partial charge in [-0.1, -0.05) is 12.1 Å². The zero-order valence-corrected chi connectivity index (χ0v) is 12.3. The Hall–Kier alpha value is -1.39. The van der Waals surface area contributed by atoms with E-state index in [0.717, 1.165) is 18.7 Å². The van der Waals surface area contributed by atoms with Crippen molar-refractivity contribution in [2.45, 2.75) is 32.0 Å². The van der Waals surface area contributed by atoms with Gasteiger partial charge in [-0.25, -0.2) is 4.39 Å². The zero-order valence-electron chi connectivity index (χ0n) is 11.5. The quantitative estimate of drug-likeness (QED) is 0.796. The monoisotopic (exact) mass is 291 g/mol. The van der Waals surface area contributed by atoms with Gasteiger partial charge in [0, 0.05) is 24.0 Å². The van der Waals surface area contributed by atoms with Crippen molar-refractivity contribution >= 4 is 11.3 Å². The minimum atomic E-state index is -0.281. The number of hydrogen-bond donors (Lipinski definition) is 0. The highest BCUT2D eigenvalue weighted by Crippen LogP contribution is 2.31. The highest BCUT2D eigenvalue weighted by atomic mass is 32.1. The topological polar surface area (TPSA) is 12.5 Å². The maximum absolute atomic E-state index is 13.8. The van der Waals surface area contributed by atoms with Crippen LogP contribution in [-0.2, 0) is 13.1 Å². The summed E-state index contributed by atoms with van der Waals surface area (Å²) < 4.78 is 18.7. The smallest absolute Gasteiger partial charge is 0.165 e. The lowest BCUT2D eigenvalue weighted by Crippen LogP contribution is -2.24. The molecule has 3 rings (SSSR count). The first-order valence-corrected chi connectivity index (χ1v) is 7.73. The average Bonchev–Trinajstić information content (AvgIpc) is 3.17. The molecule has 0 bridgehead atoms. The van der Waals surface area contributed by atoms with Gasteiger partial charge in [0.15, 0.2) is 11.6 Å². The molecule has 0 atom stereocenters. The van der Waals surface area contributed by atoms with E-state index in [1.807, 2.05) is 6.07 Å². The number of rotatable bonds is 6. The third kappa shape index (κ3) is 3.19. The third-order valence-corrected chi connectivity index (χ3v) is 4.47. The molecule has 106 valence electrons. The number of nitrogens with zero attached hydrogens (tertiary/aromatic N) is 1. The largest absolute Gasteiger partial charge is 0.494 e. The molecule has 2 nitrogen and oxygen atoms in total. The van der Waals surface area contributed by atoms with Crippen molar-refractivity contribution in [1.82, 2.24) is 4.90 Å². The minimum absolute atomic E-state index is 0.281. The lowest BCUT2D eigenvalue weighted by Gasteiger charge is -2.21. The van der Waals surface area contributed by atoms with E-state index < -0.39 is 0 Å². The van der Waals surface area contributed by atoms with E-state index >= 15 is 0 Å². The van der Waals surface area contributed by atoms with Crippen molar-refractivity contribution in [2.24, 2.45) is 0 Å². The molecule has 0 aliphatic heterocycles. The van der Waals surface area contributed by atoms with Gasteiger partial charge >= 0.3 is 0 Å². The molecule has 1 fully saturated rings. The molecule has 0 saturated heterocycles. The second kappa shape index (κ2) is 5.94. The Labute approximate surface area is 122 Å². The van der Waals surface area contributed by atoms with Gasteiger partial charge in [-0.2, -0.15) is 0 Å². The van der Waals surface area contributed by atoms with Crippen molar-refractivity contribution in [1.29, 1.82) is 0 Å². The van der Waals surface area contributed by atoms with Crippen molar-refractivity contribution in [3.8, 4) is 5.75 Å². The summed E-state index contributed by atoms with van der Waals surface area (Å²) in [5, 5.41) is 2.10. The highest BCUT2D eigenvalue weighted by Gasteiger charge is 2.29. The van der Waals surface area contributed by atoms with E-state index in [9.17, 15) is 4.39 Å². The summed E-state index contributed by atoms with van der Waals surface area (Å²) in [5.74, 6) is 0.0295. The summed E-state index contributed by atoms with van der Waals surface area (Å²) in [6, 6.07) is 10.1.